The lowest BCUT2D eigenvalue weighted by molar-refractivity contribution is -0.207. The molecule has 9 heteroatoms. The Morgan fingerprint density at radius 2 is 1.94 bits per heavy atom. The molecule has 4 aliphatic rings. The van der Waals surface area contributed by atoms with Gasteiger partial charge in [-0.25, -0.2) is 0 Å². The quantitative estimate of drug-likeness (QED) is 0.359. The number of thioether (sulfide) groups is 1. The van der Waals surface area contributed by atoms with Gasteiger partial charge in [0.15, 0.2) is 0 Å². The molecule has 4 heterocycles. The number of carbonyl (C=O) groups excluding carboxylic acids is 1. The number of rotatable bonds is 4. The summed E-state index contributed by atoms with van der Waals surface area (Å²) >= 11 is 1.44. The van der Waals surface area contributed by atoms with Gasteiger partial charge in [-0.2, -0.15) is 0 Å². The second-order valence-electron chi connectivity index (χ2n) is 11.4. The van der Waals surface area contributed by atoms with Gasteiger partial charge in [-0.1, -0.05) is 39.8 Å². The minimum Gasteiger partial charge on any atom is -0.388 e. The number of nitrogens with one attached hydrogen (secondary N) is 2. The molecule has 5 unspecified atom stereocenters. The maximum atomic E-state index is 13.6. The van der Waals surface area contributed by atoms with Crippen molar-refractivity contribution >= 4 is 17.7 Å². The van der Waals surface area contributed by atoms with Gasteiger partial charge >= 0.3 is 0 Å². The standard InChI is InChI=1S/C26H44N2O6S/c1-13(2)10-16-8-9-33-23-17(11-16)12-27-19(23)25(32)28-18-14(3)6-5-7-15(4)35-26-22(31)20(29)21(30)24(18)34-26/h5-6,13-24,26-27,29-31H,7-12H2,1-4H3,(H,28,32)/b6-5-/t14-,15-,16+,17+,18-,19+,20?,21?,22?,23-,24?,26?/m1/s1. The summed E-state index contributed by atoms with van der Waals surface area (Å²) < 4.78 is 12.4. The number of allylic oxidation sites excluding steroid dienone is 1. The Kier molecular flexibility index (Phi) is 9.22. The molecule has 200 valence electrons. The van der Waals surface area contributed by atoms with Gasteiger partial charge in [0.05, 0.1) is 12.1 Å². The van der Waals surface area contributed by atoms with Crippen molar-refractivity contribution in [1.29, 1.82) is 0 Å². The summed E-state index contributed by atoms with van der Waals surface area (Å²) in [6.07, 6.45) is 3.32. The van der Waals surface area contributed by atoms with Crippen LogP contribution in [-0.4, -0.2) is 87.7 Å². The number of hydrogen-bond acceptors (Lipinski definition) is 8. The maximum absolute atomic E-state index is 13.6. The van der Waals surface area contributed by atoms with Crippen LogP contribution in [0.4, 0.5) is 0 Å². The number of amides is 1. The lowest BCUT2D eigenvalue weighted by Crippen LogP contribution is -2.65. The predicted molar refractivity (Wildman–Crippen MR) is 136 cm³/mol. The van der Waals surface area contributed by atoms with E-state index in [9.17, 15) is 20.1 Å². The average molecular weight is 513 g/mol. The Balaban J connectivity index is 1.49. The van der Waals surface area contributed by atoms with Crippen molar-refractivity contribution in [2.24, 2.45) is 23.7 Å². The Bertz CT molecular complexity index is 753. The van der Waals surface area contributed by atoms with Crippen LogP contribution in [0.1, 0.15) is 53.4 Å². The molecule has 2 bridgehead atoms. The second kappa shape index (κ2) is 11.8. The Morgan fingerprint density at radius 1 is 1.17 bits per heavy atom. The van der Waals surface area contributed by atoms with Gasteiger partial charge in [-0.3, -0.25) is 4.79 Å². The van der Waals surface area contributed by atoms with Crippen LogP contribution in [0.5, 0.6) is 0 Å². The van der Waals surface area contributed by atoms with Crippen molar-refractivity contribution in [3.8, 4) is 0 Å². The molecule has 3 saturated heterocycles. The first-order chi connectivity index (χ1) is 16.7. The maximum Gasteiger partial charge on any atom is 0.240 e. The zero-order chi connectivity index (χ0) is 25.3. The molecule has 0 spiro atoms. The largest absolute Gasteiger partial charge is 0.388 e. The van der Waals surface area contributed by atoms with E-state index < -0.39 is 41.9 Å². The SMILES string of the molecule is CC(C)C[C@@H]1CCO[C@@H]2[C@H](CN[C@@H]2C(=O)N[C@H]2C3OC(S[C@H](C)C/C=C\[C@H]2C)C(O)C(O)C3O)C1. The number of carbonyl (C=O) groups is 1. The number of aliphatic hydroxyl groups excluding tert-OH is 3. The van der Waals surface area contributed by atoms with Gasteiger partial charge in [0, 0.05) is 18.4 Å². The lowest BCUT2D eigenvalue weighted by atomic mass is 9.85. The second-order valence-corrected chi connectivity index (χ2v) is 13.0. The molecule has 0 radical (unpaired) electrons. The van der Waals surface area contributed by atoms with Crippen LogP contribution < -0.4 is 10.6 Å². The van der Waals surface area contributed by atoms with Crippen LogP contribution in [-0.2, 0) is 14.3 Å². The topological polar surface area (TPSA) is 120 Å². The van der Waals surface area contributed by atoms with Crippen LogP contribution in [0.25, 0.3) is 0 Å². The van der Waals surface area contributed by atoms with Crippen molar-refractivity contribution in [1.82, 2.24) is 10.6 Å². The molecule has 8 nitrogen and oxygen atoms in total. The van der Waals surface area contributed by atoms with Crippen LogP contribution in [0.3, 0.4) is 0 Å². The van der Waals surface area contributed by atoms with Crippen molar-refractivity contribution in [3.05, 3.63) is 12.2 Å². The molecule has 4 rings (SSSR count). The molecule has 0 saturated carbocycles. The van der Waals surface area contributed by atoms with Gasteiger partial charge in [-0.05, 0) is 49.4 Å². The third kappa shape index (κ3) is 6.25. The highest BCUT2D eigenvalue weighted by atomic mass is 32.2. The minimum atomic E-state index is -1.34. The summed E-state index contributed by atoms with van der Waals surface area (Å²) in [4.78, 5) is 13.6. The van der Waals surface area contributed by atoms with Crippen molar-refractivity contribution in [3.63, 3.8) is 0 Å². The molecule has 0 aromatic heterocycles. The van der Waals surface area contributed by atoms with E-state index >= 15 is 0 Å². The molecule has 12 atom stereocenters. The molecular weight excluding hydrogens is 468 g/mol. The van der Waals surface area contributed by atoms with Crippen LogP contribution in [0, 0.1) is 23.7 Å². The number of fused-ring (bicyclic) bond motifs is 3. The number of aliphatic hydroxyl groups is 3. The third-order valence-corrected chi connectivity index (χ3v) is 9.38. The monoisotopic (exact) mass is 512 g/mol. The highest BCUT2D eigenvalue weighted by Crippen LogP contribution is 2.36. The fourth-order valence-electron chi connectivity index (χ4n) is 6.21. The highest BCUT2D eigenvalue weighted by Gasteiger charge is 2.50. The van der Waals surface area contributed by atoms with Crippen molar-refractivity contribution in [2.75, 3.05) is 13.2 Å². The highest BCUT2D eigenvalue weighted by molar-refractivity contribution is 8.00. The van der Waals surface area contributed by atoms with Crippen LogP contribution in [0.2, 0.25) is 0 Å². The average Bonchev–Trinajstić information content (AvgIpc) is 3.09. The van der Waals surface area contributed by atoms with Crippen molar-refractivity contribution in [2.45, 2.75) is 107 Å². The molecule has 0 aliphatic carbocycles. The zero-order valence-electron chi connectivity index (χ0n) is 21.4. The summed E-state index contributed by atoms with van der Waals surface area (Å²) in [5, 5.41) is 38.6. The van der Waals surface area contributed by atoms with Gasteiger partial charge in [-0.15, -0.1) is 11.8 Å². The predicted octanol–water partition coefficient (Wildman–Crippen LogP) is 1.43. The van der Waals surface area contributed by atoms with E-state index in [4.69, 9.17) is 9.47 Å². The molecular formula is C26H44N2O6S. The van der Waals surface area contributed by atoms with Crippen molar-refractivity contribution < 1.29 is 29.6 Å². The van der Waals surface area contributed by atoms with Gasteiger partial charge < -0.3 is 35.4 Å². The molecule has 5 N–H and O–H groups in total. The van der Waals surface area contributed by atoms with E-state index in [2.05, 4.69) is 30.6 Å². The van der Waals surface area contributed by atoms with Gasteiger partial charge in [0.2, 0.25) is 5.91 Å². The molecule has 1 amide bonds. The Labute approximate surface area is 213 Å². The fraction of sp³-hybridized carbons (Fsp3) is 0.885. The molecule has 3 fully saturated rings. The van der Waals surface area contributed by atoms with E-state index in [1.54, 1.807) is 0 Å². The first-order valence-electron chi connectivity index (χ1n) is 13.3. The molecule has 0 aromatic rings. The number of ether oxygens (including phenoxy) is 2. The third-order valence-electron chi connectivity index (χ3n) is 8.06. The smallest absolute Gasteiger partial charge is 0.240 e. The molecule has 35 heavy (non-hydrogen) atoms. The number of hydrogen-bond donors (Lipinski definition) is 5. The molecule has 0 aromatic carbocycles. The Hall–Kier alpha value is -0.680. The van der Waals surface area contributed by atoms with Crippen LogP contribution >= 0.6 is 11.8 Å². The normalized spacial score (nSPS) is 47.5. The molecule has 4 aliphatic heterocycles. The van der Waals surface area contributed by atoms with E-state index in [-0.39, 0.29) is 23.2 Å². The summed E-state index contributed by atoms with van der Waals surface area (Å²) in [5.41, 5.74) is -0.677. The Morgan fingerprint density at radius 3 is 2.69 bits per heavy atom. The van der Waals surface area contributed by atoms with E-state index in [0.717, 1.165) is 25.8 Å². The summed E-state index contributed by atoms with van der Waals surface area (Å²) in [5.74, 6) is 1.25. The first kappa shape index (κ1) is 27.4. The summed E-state index contributed by atoms with van der Waals surface area (Å²) in [6, 6.07) is -1.03. The summed E-state index contributed by atoms with van der Waals surface area (Å²) in [6.45, 7) is 9.95. The van der Waals surface area contributed by atoms with Gasteiger partial charge in [0.25, 0.3) is 0 Å². The first-order valence-corrected chi connectivity index (χ1v) is 14.3. The van der Waals surface area contributed by atoms with Gasteiger partial charge in [0.1, 0.15) is 35.9 Å². The van der Waals surface area contributed by atoms with E-state index in [1.807, 2.05) is 19.9 Å². The van der Waals surface area contributed by atoms with Crippen LogP contribution in [0.15, 0.2) is 12.2 Å². The fourth-order valence-corrected chi connectivity index (χ4v) is 7.41. The minimum absolute atomic E-state index is 0.139. The summed E-state index contributed by atoms with van der Waals surface area (Å²) in [7, 11) is 0. The lowest BCUT2D eigenvalue weighted by Gasteiger charge is -2.45. The van der Waals surface area contributed by atoms with E-state index in [1.165, 1.54) is 18.2 Å². The van der Waals surface area contributed by atoms with E-state index in [0.29, 0.717) is 24.4 Å². The zero-order valence-corrected chi connectivity index (χ0v) is 22.2.